The van der Waals surface area contributed by atoms with Gasteiger partial charge < -0.3 is 10.1 Å². The van der Waals surface area contributed by atoms with E-state index in [1.807, 2.05) is 7.05 Å². The topological polar surface area (TPSA) is 21.3 Å². The summed E-state index contributed by atoms with van der Waals surface area (Å²) in [4.78, 5) is 0. The van der Waals surface area contributed by atoms with Gasteiger partial charge in [0.2, 0.25) is 0 Å². The van der Waals surface area contributed by atoms with Crippen molar-refractivity contribution < 1.29 is 4.74 Å². The molecule has 0 saturated heterocycles. The van der Waals surface area contributed by atoms with Crippen molar-refractivity contribution in [1.29, 1.82) is 0 Å². The minimum absolute atomic E-state index is 0.262. The molecule has 0 radical (unpaired) electrons. The highest BCUT2D eigenvalue weighted by atomic mass is 16.5. The minimum atomic E-state index is 0.262. The van der Waals surface area contributed by atoms with Crippen LogP contribution in [0.15, 0.2) is 0 Å². The van der Waals surface area contributed by atoms with Gasteiger partial charge in [-0.05, 0) is 38.6 Å². The zero-order valence-corrected chi connectivity index (χ0v) is 10.8. The van der Waals surface area contributed by atoms with Crippen LogP contribution in [0, 0.1) is 11.3 Å². The molecule has 2 heteroatoms. The summed E-state index contributed by atoms with van der Waals surface area (Å²) in [6.07, 6.45) is 5.74. The molecule has 0 aromatic rings. The molecule has 15 heavy (non-hydrogen) atoms. The molecule has 0 amide bonds. The molecule has 1 fully saturated rings. The van der Waals surface area contributed by atoms with Gasteiger partial charge in [0.05, 0.1) is 12.7 Å². The quantitative estimate of drug-likeness (QED) is 0.758. The van der Waals surface area contributed by atoms with Crippen LogP contribution in [0.4, 0.5) is 0 Å². The summed E-state index contributed by atoms with van der Waals surface area (Å²) in [5, 5.41) is 3.22. The second kappa shape index (κ2) is 5.86. The van der Waals surface area contributed by atoms with E-state index >= 15 is 0 Å². The third-order valence-corrected chi connectivity index (χ3v) is 3.33. The van der Waals surface area contributed by atoms with Crippen LogP contribution in [0.25, 0.3) is 0 Å². The molecule has 0 atom stereocenters. The van der Waals surface area contributed by atoms with E-state index in [1.165, 1.54) is 25.7 Å². The van der Waals surface area contributed by atoms with Crippen molar-refractivity contribution >= 4 is 0 Å². The molecule has 1 saturated carbocycles. The van der Waals surface area contributed by atoms with Gasteiger partial charge in [-0.25, -0.2) is 0 Å². The monoisotopic (exact) mass is 213 g/mol. The molecule has 1 rings (SSSR count). The highest BCUT2D eigenvalue weighted by Gasteiger charge is 2.22. The van der Waals surface area contributed by atoms with Crippen molar-refractivity contribution in [3.63, 3.8) is 0 Å². The molecule has 0 bridgehead atoms. The molecule has 1 N–H and O–H groups in total. The van der Waals surface area contributed by atoms with Crippen molar-refractivity contribution in [3.05, 3.63) is 0 Å². The molecule has 0 aromatic heterocycles. The summed E-state index contributed by atoms with van der Waals surface area (Å²) in [7, 11) is 2.00. The number of hydrogen-bond acceptors (Lipinski definition) is 2. The first-order valence-corrected chi connectivity index (χ1v) is 6.30. The molecule has 0 unspecified atom stereocenters. The maximum Gasteiger partial charge on any atom is 0.0575 e. The predicted molar refractivity (Wildman–Crippen MR) is 65.1 cm³/mol. The Hall–Kier alpha value is -0.0800. The highest BCUT2D eigenvalue weighted by molar-refractivity contribution is 4.74. The molecular formula is C13H27NO. The van der Waals surface area contributed by atoms with E-state index < -0.39 is 0 Å². The molecule has 0 aliphatic heterocycles. The molecule has 0 spiro atoms. The van der Waals surface area contributed by atoms with E-state index in [0.717, 1.165) is 19.1 Å². The molecule has 1 aliphatic carbocycles. The third-order valence-electron chi connectivity index (χ3n) is 3.33. The van der Waals surface area contributed by atoms with Crippen LogP contribution in [-0.4, -0.2) is 26.3 Å². The van der Waals surface area contributed by atoms with Gasteiger partial charge in [-0.15, -0.1) is 0 Å². The second-order valence-corrected chi connectivity index (χ2v) is 5.89. The van der Waals surface area contributed by atoms with Crippen LogP contribution < -0.4 is 5.32 Å². The van der Waals surface area contributed by atoms with Crippen molar-refractivity contribution in [2.45, 2.75) is 52.6 Å². The lowest BCUT2D eigenvalue weighted by Gasteiger charge is -2.31. The van der Waals surface area contributed by atoms with Crippen LogP contribution in [0.1, 0.15) is 46.5 Å². The Balaban J connectivity index is 2.19. The fourth-order valence-electron chi connectivity index (χ4n) is 2.27. The number of nitrogens with one attached hydrogen (secondary N) is 1. The van der Waals surface area contributed by atoms with Gasteiger partial charge in [0.15, 0.2) is 0 Å². The van der Waals surface area contributed by atoms with E-state index in [0.29, 0.717) is 6.10 Å². The van der Waals surface area contributed by atoms with E-state index in [4.69, 9.17) is 4.74 Å². The predicted octanol–water partition coefficient (Wildman–Crippen LogP) is 2.83. The fourth-order valence-corrected chi connectivity index (χ4v) is 2.27. The highest BCUT2D eigenvalue weighted by Crippen LogP contribution is 2.27. The normalized spacial score (nSPS) is 28.0. The largest absolute Gasteiger partial charge is 0.378 e. The van der Waals surface area contributed by atoms with Crippen LogP contribution >= 0.6 is 0 Å². The van der Waals surface area contributed by atoms with Gasteiger partial charge in [0.25, 0.3) is 0 Å². The molecule has 1 aliphatic rings. The number of rotatable bonds is 5. The Labute approximate surface area is 94.8 Å². The van der Waals surface area contributed by atoms with Crippen molar-refractivity contribution in [3.8, 4) is 0 Å². The lowest BCUT2D eigenvalue weighted by Crippen LogP contribution is -2.33. The molecular weight excluding hydrogens is 186 g/mol. The van der Waals surface area contributed by atoms with Crippen LogP contribution in [0.3, 0.4) is 0 Å². The van der Waals surface area contributed by atoms with Crippen molar-refractivity contribution in [2.75, 3.05) is 20.2 Å². The van der Waals surface area contributed by atoms with Crippen LogP contribution in [-0.2, 0) is 4.74 Å². The van der Waals surface area contributed by atoms with Gasteiger partial charge in [0.1, 0.15) is 0 Å². The molecule has 0 heterocycles. The summed E-state index contributed by atoms with van der Waals surface area (Å²) in [5.41, 5.74) is 0.262. The summed E-state index contributed by atoms with van der Waals surface area (Å²) >= 11 is 0. The summed E-state index contributed by atoms with van der Waals surface area (Å²) < 4.78 is 6.01. The number of ether oxygens (including phenoxy) is 1. The average Bonchev–Trinajstić information content (AvgIpc) is 2.17. The third kappa shape index (κ3) is 4.98. The minimum Gasteiger partial charge on any atom is -0.378 e. The maximum absolute atomic E-state index is 6.01. The number of hydrogen-bond donors (Lipinski definition) is 1. The first-order valence-electron chi connectivity index (χ1n) is 6.30. The first kappa shape index (κ1) is 13.0. The maximum atomic E-state index is 6.01. The van der Waals surface area contributed by atoms with Gasteiger partial charge in [0, 0.05) is 12.0 Å². The Morgan fingerprint density at radius 2 is 1.80 bits per heavy atom. The van der Waals surface area contributed by atoms with E-state index in [1.54, 1.807) is 0 Å². The van der Waals surface area contributed by atoms with E-state index in [2.05, 4.69) is 26.1 Å². The molecule has 2 nitrogen and oxygen atoms in total. The zero-order chi connectivity index (χ0) is 11.3. The fraction of sp³-hybridized carbons (Fsp3) is 1.00. The summed E-state index contributed by atoms with van der Waals surface area (Å²) in [6, 6.07) is 0. The SMILES string of the molecule is CNCC(C)(C)COC1CCC(C)CC1. The lowest BCUT2D eigenvalue weighted by molar-refractivity contribution is -0.0197. The lowest BCUT2D eigenvalue weighted by atomic mass is 9.88. The zero-order valence-electron chi connectivity index (χ0n) is 10.8. The summed E-state index contributed by atoms with van der Waals surface area (Å²) in [6.45, 7) is 8.77. The van der Waals surface area contributed by atoms with Gasteiger partial charge in [-0.1, -0.05) is 20.8 Å². The molecule has 90 valence electrons. The average molecular weight is 213 g/mol. The Bertz CT molecular complexity index is 171. The second-order valence-electron chi connectivity index (χ2n) is 5.89. The smallest absolute Gasteiger partial charge is 0.0575 e. The van der Waals surface area contributed by atoms with Crippen molar-refractivity contribution in [1.82, 2.24) is 5.32 Å². The molecule has 0 aromatic carbocycles. The van der Waals surface area contributed by atoms with Gasteiger partial charge >= 0.3 is 0 Å². The van der Waals surface area contributed by atoms with E-state index in [-0.39, 0.29) is 5.41 Å². The first-order chi connectivity index (χ1) is 7.03. The standard InChI is InChI=1S/C13H27NO/c1-11-5-7-12(8-6-11)15-10-13(2,3)9-14-4/h11-12,14H,5-10H2,1-4H3. The summed E-state index contributed by atoms with van der Waals surface area (Å²) in [5.74, 6) is 0.912. The Morgan fingerprint density at radius 1 is 1.20 bits per heavy atom. The van der Waals surface area contributed by atoms with Gasteiger partial charge in [-0.2, -0.15) is 0 Å². The Kier molecular flexibility index (Phi) is 5.07. The van der Waals surface area contributed by atoms with E-state index in [9.17, 15) is 0 Å². The van der Waals surface area contributed by atoms with Crippen LogP contribution in [0.2, 0.25) is 0 Å². The van der Waals surface area contributed by atoms with Crippen molar-refractivity contribution in [2.24, 2.45) is 11.3 Å². The Morgan fingerprint density at radius 3 is 2.33 bits per heavy atom. The van der Waals surface area contributed by atoms with Gasteiger partial charge in [-0.3, -0.25) is 0 Å². The van der Waals surface area contributed by atoms with Crippen LogP contribution in [0.5, 0.6) is 0 Å².